The van der Waals surface area contributed by atoms with Crippen molar-refractivity contribution in [3.8, 4) is 5.88 Å². The molecule has 0 N–H and O–H groups in total. The second kappa shape index (κ2) is 4.97. The second-order valence-corrected chi connectivity index (χ2v) is 6.05. The molecule has 0 radical (unpaired) electrons. The molecule has 1 aromatic heterocycles. The molecule has 1 aliphatic rings. The zero-order valence-corrected chi connectivity index (χ0v) is 10.4. The summed E-state index contributed by atoms with van der Waals surface area (Å²) >= 11 is 0. The van der Waals surface area contributed by atoms with Crippen LogP contribution in [0.2, 0.25) is 0 Å². The average Bonchev–Trinajstić information content (AvgIpc) is 2.29. The molecule has 0 amide bonds. The van der Waals surface area contributed by atoms with E-state index < -0.39 is 10.0 Å². The summed E-state index contributed by atoms with van der Waals surface area (Å²) in [5, 5.41) is 7.53. The van der Waals surface area contributed by atoms with Crippen LogP contribution < -0.4 is 4.74 Å². The highest BCUT2D eigenvalue weighted by Gasteiger charge is 2.27. The lowest BCUT2D eigenvalue weighted by molar-refractivity contribution is 0.124. The topological polar surface area (TPSA) is 72.4 Å². The van der Waals surface area contributed by atoms with E-state index in [1.807, 2.05) is 0 Å². The molecule has 1 fully saturated rings. The van der Waals surface area contributed by atoms with E-state index in [0.29, 0.717) is 19.0 Å². The van der Waals surface area contributed by atoms with Crippen LogP contribution in [0.4, 0.5) is 0 Å². The fraction of sp³-hybridized carbons (Fsp3) is 0.600. The molecule has 17 heavy (non-hydrogen) atoms. The van der Waals surface area contributed by atoms with E-state index in [2.05, 4.69) is 10.2 Å². The second-order valence-electron chi connectivity index (χ2n) is 4.06. The molecule has 0 spiro atoms. The van der Waals surface area contributed by atoms with Crippen LogP contribution >= 0.6 is 0 Å². The van der Waals surface area contributed by atoms with Crippen molar-refractivity contribution in [3.63, 3.8) is 0 Å². The summed E-state index contributed by atoms with van der Waals surface area (Å²) in [6.07, 6.45) is 4.28. The molecular weight excluding hydrogens is 242 g/mol. The van der Waals surface area contributed by atoms with Crippen molar-refractivity contribution in [1.29, 1.82) is 0 Å². The summed E-state index contributed by atoms with van der Waals surface area (Å²) in [6.45, 7) is 0.953. The summed E-state index contributed by atoms with van der Waals surface area (Å²) in [4.78, 5) is 0. The van der Waals surface area contributed by atoms with Crippen molar-refractivity contribution in [2.24, 2.45) is 0 Å². The van der Waals surface area contributed by atoms with Gasteiger partial charge in [0, 0.05) is 18.8 Å². The van der Waals surface area contributed by atoms with Gasteiger partial charge < -0.3 is 4.74 Å². The summed E-state index contributed by atoms with van der Waals surface area (Å²) in [5.74, 6) is 0.438. The summed E-state index contributed by atoms with van der Waals surface area (Å²) < 4.78 is 29.9. The minimum atomic E-state index is -3.13. The quantitative estimate of drug-likeness (QED) is 0.777. The van der Waals surface area contributed by atoms with Gasteiger partial charge in [-0.15, -0.1) is 5.10 Å². The Morgan fingerprint density at radius 1 is 1.53 bits per heavy atom. The lowest BCUT2D eigenvalue weighted by atomic mass is 10.1. The van der Waals surface area contributed by atoms with E-state index in [-0.39, 0.29) is 6.10 Å². The van der Waals surface area contributed by atoms with Crippen LogP contribution in [0.25, 0.3) is 0 Å². The number of sulfonamides is 1. The van der Waals surface area contributed by atoms with Gasteiger partial charge in [0.1, 0.15) is 6.10 Å². The maximum Gasteiger partial charge on any atom is 0.233 e. The molecule has 94 valence electrons. The van der Waals surface area contributed by atoms with Gasteiger partial charge in [-0.1, -0.05) is 0 Å². The van der Waals surface area contributed by atoms with Crippen LogP contribution in [-0.2, 0) is 10.0 Å². The van der Waals surface area contributed by atoms with E-state index in [1.165, 1.54) is 10.6 Å². The number of ether oxygens (including phenoxy) is 1. The van der Waals surface area contributed by atoms with Crippen molar-refractivity contribution < 1.29 is 13.2 Å². The number of rotatable bonds is 3. The van der Waals surface area contributed by atoms with Crippen molar-refractivity contribution in [1.82, 2.24) is 14.5 Å². The van der Waals surface area contributed by atoms with Crippen LogP contribution in [0, 0.1) is 0 Å². The van der Waals surface area contributed by atoms with Gasteiger partial charge in [0.25, 0.3) is 0 Å². The first-order valence-corrected chi connectivity index (χ1v) is 7.30. The van der Waals surface area contributed by atoms with Crippen molar-refractivity contribution in [3.05, 3.63) is 18.3 Å². The summed E-state index contributed by atoms with van der Waals surface area (Å²) in [7, 11) is -3.13. The van der Waals surface area contributed by atoms with Gasteiger partial charge >= 0.3 is 0 Å². The lowest BCUT2D eigenvalue weighted by Crippen LogP contribution is -2.43. The summed E-state index contributed by atoms with van der Waals surface area (Å²) in [5.41, 5.74) is 0. The predicted octanol–water partition coefficient (Wildman–Crippen LogP) is 0.279. The molecule has 2 rings (SSSR count). The average molecular weight is 257 g/mol. The van der Waals surface area contributed by atoms with Crippen LogP contribution in [0.5, 0.6) is 5.88 Å². The molecule has 0 bridgehead atoms. The van der Waals surface area contributed by atoms with E-state index in [1.54, 1.807) is 18.3 Å². The first-order chi connectivity index (χ1) is 8.05. The zero-order valence-electron chi connectivity index (χ0n) is 9.61. The van der Waals surface area contributed by atoms with Crippen molar-refractivity contribution >= 4 is 10.0 Å². The largest absolute Gasteiger partial charge is 0.472 e. The Balaban J connectivity index is 1.99. The molecule has 0 aliphatic carbocycles. The van der Waals surface area contributed by atoms with Gasteiger partial charge in [-0.2, -0.15) is 9.40 Å². The third kappa shape index (κ3) is 3.37. The molecule has 2 heterocycles. The van der Waals surface area contributed by atoms with Crippen molar-refractivity contribution in [2.75, 3.05) is 19.3 Å². The minimum Gasteiger partial charge on any atom is -0.472 e. The van der Waals surface area contributed by atoms with Crippen LogP contribution in [0.1, 0.15) is 12.8 Å². The van der Waals surface area contributed by atoms with E-state index in [4.69, 9.17) is 4.74 Å². The molecule has 0 unspecified atom stereocenters. The molecule has 0 saturated carbocycles. The number of hydrogen-bond donors (Lipinski definition) is 0. The third-order valence-electron chi connectivity index (χ3n) is 2.65. The first kappa shape index (κ1) is 12.3. The summed E-state index contributed by atoms with van der Waals surface area (Å²) in [6, 6.07) is 3.45. The Kier molecular flexibility index (Phi) is 3.58. The molecule has 0 aromatic carbocycles. The van der Waals surface area contributed by atoms with Gasteiger partial charge in [-0.25, -0.2) is 8.42 Å². The van der Waals surface area contributed by atoms with Crippen LogP contribution in [-0.4, -0.2) is 48.4 Å². The maximum absolute atomic E-state index is 11.4. The predicted molar refractivity (Wildman–Crippen MR) is 62.1 cm³/mol. The Labute approximate surface area is 101 Å². The van der Waals surface area contributed by atoms with E-state index in [9.17, 15) is 8.42 Å². The maximum atomic E-state index is 11.4. The highest BCUT2D eigenvalue weighted by molar-refractivity contribution is 7.88. The Bertz CT molecular complexity index is 463. The monoisotopic (exact) mass is 257 g/mol. The smallest absolute Gasteiger partial charge is 0.233 e. The van der Waals surface area contributed by atoms with E-state index >= 15 is 0 Å². The number of hydrogen-bond acceptors (Lipinski definition) is 5. The SMILES string of the molecule is CS(=O)(=O)N1CCC[C@H](Oc2cccnn2)C1. The van der Waals surface area contributed by atoms with Crippen molar-refractivity contribution in [2.45, 2.75) is 18.9 Å². The normalized spacial score (nSPS) is 22.3. The highest BCUT2D eigenvalue weighted by Crippen LogP contribution is 2.17. The molecule has 1 aliphatic heterocycles. The lowest BCUT2D eigenvalue weighted by Gasteiger charge is -2.30. The fourth-order valence-corrected chi connectivity index (χ4v) is 2.72. The van der Waals surface area contributed by atoms with Gasteiger partial charge in [-0.3, -0.25) is 0 Å². The zero-order chi connectivity index (χ0) is 12.3. The van der Waals surface area contributed by atoms with Gasteiger partial charge in [0.2, 0.25) is 15.9 Å². The number of aromatic nitrogens is 2. The molecular formula is C10H15N3O3S. The highest BCUT2D eigenvalue weighted by atomic mass is 32.2. The van der Waals surface area contributed by atoms with Crippen LogP contribution in [0.15, 0.2) is 18.3 Å². The third-order valence-corrected chi connectivity index (χ3v) is 3.91. The Hall–Kier alpha value is -1.21. The number of piperidine rings is 1. The van der Waals surface area contributed by atoms with Gasteiger partial charge in [0.05, 0.1) is 12.8 Å². The fourth-order valence-electron chi connectivity index (χ4n) is 1.82. The standard InChI is InChI=1S/C10H15N3O3S/c1-17(14,15)13-7-3-4-9(8-13)16-10-5-2-6-11-12-10/h2,5-6,9H,3-4,7-8H2,1H3/t9-/m0/s1. The number of nitrogens with zero attached hydrogens (tertiary/aromatic N) is 3. The minimum absolute atomic E-state index is 0.143. The van der Waals surface area contributed by atoms with Gasteiger partial charge in [0.15, 0.2) is 0 Å². The molecule has 1 aromatic rings. The Morgan fingerprint density at radius 2 is 2.35 bits per heavy atom. The van der Waals surface area contributed by atoms with Crippen LogP contribution in [0.3, 0.4) is 0 Å². The molecule has 7 heteroatoms. The molecule has 1 atom stereocenters. The van der Waals surface area contributed by atoms with E-state index in [0.717, 1.165) is 12.8 Å². The molecule has 6 nitrogen and oxygen atoms in total. The molecule has 1 saturated heterocycles. The van der Waals surface area contributed by atoms with Gasteiger partial charge in [-0.05, 0) is 18.9 Å². The first-order valence-electron chi connectivity index (χ1n) is 5.45. The Morgan fingerprint density at radius 3 is 3.00 bits per heavy atom.